The van der Waals surface area contributed by atoms with Gasteiger partial charge in [0.2, 0.25) is 0 Å². The van der Waals surface area contributed by atoms with Gasteiger partial charge in [0.1, 0.15) is 12.1 Å². The molecule has 1 saturated heterocycles. The van der Waals surface area contributed by atoms with Crippen molar-refractivity contribution in [3.63, 3.8) is 0 Å². The molecule has 8 nitrogen and oxygen atoms in total. The number of hydrogen-bond acceptors (Lipinski definition) is 5. The first-order valence-corrected chi connectivity index (χ1v) is 9.44. The average molecular weight is 387 g/mol. The molecule has 0 unspecified atom stereocenters. The zero-order valence-corrected chi connectivity index (χ0v) is 16.1. The van der Waals surface area contributed by atoms with Crippen LogP contribution in [0.15, 0.2) is 30.3 Å². The summed E-state index contributed by atoms with van der Waals surface area (Å²) in [5, 5.41) is 2.75. The van der Waals surface area contributed by atoms with Crippen LogP contribution in [0, 0.1) is 5.92 Å². The molecule has 0 aromatic heterocycles. The van der Waals surface area contributed by atoms with Gasteiger partial charge in [0.25, 0.3) is 11.8 Å². The second-order valence-electron chi connectivity index (χ2n) is 7.54. The summed E-state index contributed by atoms with van der Waals surface area (Å²) >= 11 is 0. The molecule has 28 heavy (non-hydrogen) atoms. The fourth-order valence-corrected chi connectivity index (χ4v) is 3.62. The van der Waals surface area contributed by atoms with E-state index in [1.54, 1.807) is 31.3 Å². The molecule has 150 valence electrons. The van der Waals surface area contributed by atoms with Crippen LogP contribution >= 0.6 is 0 Å². The lowest BCUT2D eigenvalue weighted by atomic mass is 9.77. The summed E-state index contributed by atoms with van der Waals surface area (Å²) in [5.74, 6) is -1.06. The molecule has 1 saturated carbocycles. The number of nitrogens with one attached hydrogen (secondary N) is 1. The van der Waals surface area contributed by atoms with E-state index in [0.717, 1.165) is 17.7 Å². The highest BCUT2D eigenvalue weighted by atomic mass is 16.5. The van der Waals surface area contributed by atoms with Crippen LogP contribution in [-0.2, 0) is 19.1 Å². The highest BCUT2D eigenvalue weighted by molar-refractivity contribution is 6.08. The zero-order chi connectivity index (χ0) is 20.3. The Morgan fingerprint density at radius 3 is 2.50 bits per heavy atom. The largest absolute Gasteiger partial charge is 0.454 e. The molecular weight excluding hydrogens is 362 g/mol. The van der Waals surface area contributed by atoms with Gasteiger partial charge in [0, 0.05) is 12.7 Å². The molecule has 4 amide bonds. The number of rotatable bonds is 5. The number of carbonyl (C=O) groups is 4. The maximum atomic E-state index is 12.7. The van der Waals surface area contributed by atoms with E-state index in [-0.39, 0.29) is 5.91 Å². The minimum Gasteiger partial charge on any atom is -0.454 e. The van der Waals surface area contributed by atoms with Gasteiger partial charge in [-0.2, -0.15) is 0 Å². The Morgan fingerprint density at radius 1 is 1.21 bits per heavy atom. The smallest absolute Gasteiger partial charge is 0.326 e. The third kappa shape index (κ3) is 4.00. The first kappa shape index (κ1) is 19.9. The van der Waals surface area contributed by atoms with Gasteiger partial charge in [0.05, 0.1) is 0 Å². The monoisotopic (exact) mass is 387 g/mol. The van der Waals surface area contributed by atoms with Crippen LogP contribution in [0.5, 0.6) is 0 Å². The number of nitrogens with zero attached hydrogens (tertiary/aromatic N) is 2. The molecule has 1 spiro atoms. The maximum absolute atomic E-state index is 12.7. The van der Waals surface area contributed by atoms with E-state index >= 15 is 0 Å². The van der Waals surface area contributed by atoms with Crippen molar-refractivity contribution in [1.82, 2.24) is 10.2 Å². The van der Waals surface area contributed by atoms with Crippen LogP contribution in [-0.4, -0.2) is 54.5 Å². The second kappa shape index (κ2) is 8.00. The average Bonchev–Trinajstić information content (AvgIpc) is 2.92. The van der Waals surface area contributed by atoms with Crippen LogP contribution in [0.1, 0.15) is 32.6 Å². The fourth-order valence-electron chi connectivity index (χ4n) is 3.62. The minimum absolute atomic E-state index is 0.380. The fraction of sp³-hybridized carbons (Fsp3) is 0.500. The van der Waals surface area contributed by atoms with E-state index in [2.05, 4.69) is 12.2 Å². The van der Waals surface area contributed by atoms with Crippen LogP contribution in [0.25, 0.3) is 0 Å². The normalized spacial score (nSPS) is 24.2. The Bertz CT molecular complexity index is 771. The Balaban J connectivity index is 1.53. The number of esters is 1. The molecule has 1 N–H and O–H groups in total. The van der Waals surface area contributed by atoms with Crippen LogP contribution < -0.4 is 10.2 Å². The first-order valence-electron chi connectivity index (χ1n) is 9.44. The molecule has 2 aliphatic rings. The lowest BCUT2D eigenvalue weighted by Gasteiger charge is -2.33. The molecule has 1 aliphatic carbocycles. The van der Waals surface area contributed by atoms with Crippen molar-refractivity contribution in [1.29, 1.82) is 0 Å². The molecule has 2 fully saturated rings. The Morgan fingerprint density at radius 2 is 1.86 bits per heavy atom. The van der Waals surface area contributed by atoms with Gasteiger partial charge >= 0.3 is 12.0 Å². The van der Waals surface area contributed by atoms with Gasteiger partial charge in [-0.1, -0.05) is 25.1 Å². The van der Waals surface area contributed by atoms with E-state index in [4.69, 9.17) is 4.74 Å². The second-order valence-corrected chi connectivity index (χ2v) is 7.54. The molecule has 0 atom stereocenters. The Labute approximate surface area is 163 Å². The van der Waals surface area contributed by atoms with Crippen molar-refractivity contribution in [2.75, 3.05) is 25.1 Å². The molecule has 1 aliphatic heterocycles. The highest BCUT2D eigenvalue weighted by Crippen LogP contribution is 2.36. The number of urea groups is 1. The predicted molar refractivity (Wildman–Crippen MR) is 101 cm³/mol. The number of carbonyl (C=O) groups excluding carboxylic acids is 4. The molecular formula is C20H25N3O5. The lowest BCUT2D eigenvalue weighted by molar-refractivity contribution is -0.150. The Hall–Kier alpha value is -2.90. The quantitative estimate of drug-likeness (QED) is 0.613. The predicted octanol–water partition coefficient (Wildman–Crippen LogP) is 1.69. The number of likely N-dealkylation sites (N-methyl/N-ethyl adjacent to an activating group) is 1. The van der Waals surface area contributed by atoms with Gasteiger partial charge < -0.3 is 15.0 Å². The number of hydrogen-bond donors (Lipinski definition) is 1. The van der Waals surface area contributed by atoms with Crippen LogP contribution in [0.2, 0.25) is 0 Å². The van der Waals surface area contributed by atoms with Crippen LogP contribution in [0.3, 0.4) is 0 Å². The van der Waals surface area contributed by atoms with Crippen molar-refractivity contribution in [2.45, 2.75) is 38.1 Å². The van der Waals surface area contributed by atoms with Crippen molar-refractivity contribution in [3.8, 4) is 0 Å². The van der Waals surface area contributed by atoms with Crippen LogP contribution in [0.4, 0.5) is 10.5 Å². The number of para-hydroxylation sites is 1. The van der Waals surface area contributed by atoms with Gasteiger partial charge in [-0.15, -0.1) is 0 Å². The lowest BCUT2D eigenvalue weighted by Crippen LogP contribution is -2.49. The van der Waals surface area contributed by atoms with Gasteiger partial charge in [-0.25, -0.2) is 4.79 Å². The van der Waals surface area contributed by atoms with Crippen molar-refractivity contribution < 1.29 is 23.9 Å². The van der Waals surface area contributed by atoms with E-state index in [1.807, 2.05) is 6.07 Å². The minimum atomic E-state index is -0.896. The molecule has 1 aromatic rings. The third-order valence-electron chi connectivity index (χ3n) is 5.54. The number of ether oxygens (including phenoxy) is 1. The number of benzene rings is 1. The van der Waals surface area contributed by atoms with E-state index in [1.165, 1.54) is 4.90 Å². The first-order chi connectivity index (χ1) is 13.3. The topological polar surface area (TPSA) is 96.0 Å². The number of amides is 4. The van der Waals surface area contributed by atoms with Crippen molar-refractivity contribution >= 4 is 29.5 Å². The summed E-state index contributed by atoms with van der Waals surface area (Å²) < 4.78 is 4.99. The molecule has 3 rings (SSSR count). The summed E-state index contributed by atoms with van der Waals surface area (Å²) in [6.45, 7) is 1.16. The molecule has 1 heterocycles. The van der Waals surface area contributed by atoms with Gasteiger partial charge in [-0.05, 0) is 43.7 Å². The highest BCUT2D eigenvalue weighted by Gasteiger charge is 2.52. The van der Waals surface area contributed by atoms with E-state index in [9.17, 15) is 19.2 Å². The van der Waals surface area contributed by atoms with Crippen molar-refractivity contribution in [3.05, 3.63) is 30.3 Å². The van der Waals surface area contributed by atoms with E-state index in [0.29, 0.717) is 24.4 Å². The van der Waals surface area contributed by atoms with Crippen molar-refractivity contribution in [2.24, 2.45) is 5.92 Å². The molecule has 1 aromatic carbocycles. The molecule has 0 bridgehead atoms. The molecule has 0 radical (unpaired) electrons. The summed E-state index contributed by atoms with van der Waals surface area (Å²) in [6, 6.07) is 8.37. The van der Waals surface area contributed by atoms with E-state index < -0.39 is 36.6 Å². The number of anilines is 1. The van der Waals surface area contributed by atoms with Gasteiger partial charge in [-0.3, -0.25) is 19.3 Å². The summed E-state index contributed by atoms with van der Waals surface area (Å²) in [5.41, 5.74) is -0.223. The summed E-state index contributed by atoms with van der Waals surface area (Å²) in [7, 11) is 1.58. The van der Waals surface area contributed by atoms with Gasteiger partial charge in [0.15, 0.2) is 6.61 Å². The zero-order valence-electron chi connectivity index (χ0n) is 16.1. The third-order valence-corrected chi connectivity index (χ3v) is 5.54. The molecule has 8 heteroatoms. The summed E-state index contributed by atoms with van der Waals surface area (Å²) in [4.78, 5) is 51.5. The summed E-state index contributed by atoms with van der Waals surface area (Å²) in [6.07, 6.45) is 2.85. The Kier molecular flexibility index (Phi) is 5.67. The number of imide groups is 1. The maximum Gasteiger partial charge on any atom is 0.326 e. The standard InChI is InChI=1S/C20H25N3O5/c1-14-8-10-20(11-9-14)18(26)23(19(27)21-20)12-17(25)28-13-16(24)22(2)15-6-4-3-5-7-15/h3-7,14H,8-13H2,1-2H3,(H,21,27). The SMILES string of the molecule is CC1CCC2(CC1)NC(=O)N(CC(=O)OCC(=O)N(C)c1ccccc1)C2=O.